The van der Waals surface area contributed by atoms with Crippen molar-refractivity contribution in [3.05, 3.63) is 17.1 Å². The molecule has 0 aliphatic carbocycles. The Morgan fingerprint density at radius 2 is 2.06 bits per heavy atom. The lowest BCUT2D eigenvalue weighted by Crippen LogP contribution is -2.10. The lowest BCUT2D eigenvalue weighted by molar-refractivity contribution is 0.0690. The van der Waals surface area contributed by atoms with Gasteiger partial charge in [0.05, 0.1) is 5.69 Å². The number of nitrogens with zero attached hydrogens (tertiary/aromatic N) is 2. The molecule has 0 amide bonds. The molecule has 1 N–H and O–H groups in total. The average molecular weight is 254 g/mol. The Morgan fingerprint density at radius 1 is 1.41 bits per heavy atom. The molecule has 1 rings (SSSR count). The third kappa shape index (κ3) is 3.43. The molecule has 94 valence electrons. The quantitative estimate of drug-likeness (QED) is 0.646. The number of aryl methyl sites for hydroxylation is 1. The van der Waals surface area contributed by atoms with E-state index in [0.29, 0.717) is 16.5 Å². The van der Waals surface area contributed by atoms with Crippen LogP contribution in [0.4, 0.5) is 0 Å². The molecular weight excluding hydrogens is 236 g/mol. The minimum atomic E-state index is -0.948. The smallest absolute Gasteiger partial charge is 0.340 e. The van der Waals surface area contributed by atoms with Gasteiger partial charge in [0.25, 0.3) is 0 Å². The topological polar surface area (TPSA) is 63.1 Å². The average Bonchev–Trinajstić information content (AvgIpc) is 2.24. The van der Waals surface area contributed by atoms with Crippen LogP contribution in [0.15, 0.2) is 5.03 Å². The predicted molar refractivity (Wildman–Crippen MR) is 68.8 cm³/mol. The standard InChI is InChI=1S/C12H18N2O2S/c1-5-6-17-11-9(12(15)16)8(4)13-10(14-11)7(2)3/h7H,5-6H2,1-4H3,(H,15,16). The van der Waals surface area contributed by atoms with Crippen molar-refractivity contribution in [2.45, 2.75) is 45.1 Å². The maximum atomic E-state index is 11.2. The molecule has 5 heteroatoms. The second kappa shape index (κ2) is 6.00. The summed E-state index contributed by atoms with van der Waals surface area (Å²) in [6.45, 7) is 7.80. The van der Waals surface area contributed by atoms with Crippen LogP contribution in [-0.4, -0.2) is 26.8 Å². The van der Waals surface area contributed by atoms with Gasteiger partial charge in [-0.25, -0.2) is 14.8 Å². The Morgan fingerprint density at radius 3 is 2.53 bits per heavy atom. The SMILES string of the molecule is CCCSc1nc(C(C)C)nc(C)c1C(=O)O. The van der Waals surface area contributed by atoms with Crippen LogP contribution in [0.25, 0.3) is 0 Å². The number of hydrogen-bond acceptors (Lipinski definition) is 4. The molecule has 0 bridgehead atoms. The molecule has 0 spiro atoms. The van der Waals surface area contributed by atoms with Crippen molar-refractivity contribution >= 4 is 17.7 Å². The van der Waals surface area contributed by atoms with Crippen LogP contribution in [-0.2, 0) is 0 Å². The van der Waals surface area contributed by atoms with E-state index >= 15 is 0 Å². The van der Waals surface area contributed by atoms with Gasteiger partial charge in [-0.2, -0.15) is 0 Å². The van der Waals surface area contributed by atoms with Crippen molar-refractivity contribution in [2.24, 2.45) is 0 Å². The van der Waals surface area contributed by atoms with Crippen molar-refractivity contribution < 1.29 is 9.90 Å². The summed E-state index contributed by atoms with van der Waals surface area (Å²) in [5.74, 6) is 0.842. The van der Waals surface area contributed by atoms with Gasteiger partial charge in [0.1, 0.15) is 16.4 Å². The summed E-state index contributed by atoms with van der Waals surface area (Å²) in [6.07, 6.45) is 0.990. The van der Waals surface area contributed by atoms with Gasteiger partial charge in [-0.1, -0.05) is 20.8 Å². The highest BCUT2D eigenvalue weighted by atomic mass is 32.2. The Hall–Kier alpha value is -1.10. The molecule has 1 heterocycles. The monoisotopic (exact) mass is 254 g/mol. The van der Waals surface area contributed by atoms with E-state index in [2.05, 4.69) is 16.9 Å². The highest BCUT2D eigenvalue weighted by Gasteiger charge is 2.18. The van der Waals surface area contributed by atoms with Crippen molar-refractivity contribution in [1.82, 2.24) is 9.97 Å². The molecule has 0 unspecified atom stereocenters. The number of rotatable bonds is 5. The lowest BCUT2D eigenvalue weighted by Gasteiger charge is -2.11. The highest BCUT2D eigenvalue weighted by Crippen LogP contribution is 2.25. The zero-order chi connectivity index (χ0) is 13.0. The van der Waals surface area contributed by atoms with E-state index in [1.54, 1.807) is 6.92 Å². The minimum Gasteiger partial charge on any atom is -0.478 e. The number of aromatic carboxylic acids is 1. The first-order chi connectivity index (χ1) is 7.97. The first-order valence-electron chi connectivity index (χ1n) is 5.72. The molecule has 0 saturated carbocycles. The van der Waals surface area contributed by atoms with Gasteiger partial charge in [0.15, 0.2) is 0 Å². The van der Waals surface area contributed by atoms with E-state index in [-0.39, 0.29) is 11.5 Å². The van der Waals surface area contributed by atoms with E-state index in [9.17, 15) is 9.90 Å². The van der Waals surface area contributed by atoms with Crippen LogP contribution in [0.3, 0.4) is 0 Å². The second-order valence-electron chi connectivity index (χ2n) is 4.16. The van der Waals surface area contributed by atoms with Crippen molar-refractivity contribution in [3.63, 3.8) is 0 Å². The van der Waals surface area contributed by atoms with Gasteiger partial charge < -0.3 is 5.11 Å². The minimum absolute atomic E-state index is 0.206. The van der Waals surface area contributed by atoms with Gasteiger partial charge in [0, 0.05) is 5.92 Å². The van der Waals surface area contributed by atoms with E-state index in [1.807, 2.05) is 13.8 Å². The van der Waals surface area contributed by atoms with Crippen LogP contribution in [0.2, 0.25) is 0 Å². The number of carboxylic acids is 1. The fourth-order valence-electron chi connectivity index (χ4n) is 1.38. The molecule has 4 nitrogen and oxygen atoms in total. The van der Waals surface area contributed by atoms with Gasteiger partial charge in [-0.15, -0.1) is 11.8 Å². The molecule has 0 aliphatic heterocycles. The van der Waals surface area contributed by atoms with Gasteiger partial charge in [-0.05, 0) is 19.1 Å². The summed E-state index contributed by atoms with van der Waals surface area (Å²) in [7, 11) is 0. The number of thioether (sulfide) groups is 1. The summed E-state index contributed by atoms with van der Waals surface area (Å²) < 4.78 is 0. The number of hydrogen-bond donors (Lipinski definition) is 1. The van der Waals surface area contributed by atoms with Crippen LogP contribution in [0.1, 0.15) is 55.0 Å². The molecule has 0 atom stereocenters. The molecule has 1 aromatic heterocycles. The Labute approximate surface area is 106 Å². The molecule has 0 aliphatic rings. The van der Waals surface area contributed by atoms with Gasteiger partial charge in [-0.3, -0.25) is 0 Å². The Balaban J connectivity index is 3.23. The van der Waals surface area contributed by atoms with E-state index < -0.39 is 5.97 Å². The van der Waals surface area contributed by atoms with Gasteiger partial charge >= 0.3 is 5.97 Å². The van der Waals surface area contributed by atoms with Crippen LogP contribution in [0, 0.1) is 6.92 Å². The third-order valence-corrected chi connectivity index (χ3v) is 3.43. The van der Waals surface area contributed by atoms with Crippen molar-refractivity contribution in [3.8, 4) is 0 Å². The maximum Gasteiger partial charge on any atom is 0.340 e. The van der Waals surface area contributed by atoms with Crippen LogP contribution in [0.5, 0.6) is 0 Å². The predicted octanol–water partition coefficient (Wildman–Crippen LogP) is 3.11. The summed E-state index contributed by atoms with van der Waals surface area (Å²) in [5.41, 5.74) is 0.794. The maximum absolute atomic E-state index is 11.2. The summed E-state index contributed by atoms with van der Waals surface area (Å²) in [5, 5.41) is 9.78. The molecule has 0 aromatic carbocycles. The van der Waals surface area contributed by atoms with Crippen molar-refractivity contribution in [1.29, 1.82) is 0 Å². The largest absolute Gasteiger partial charge is 0.478 e. The lowest BCUT2D eigenvalue weighted by atomic mass is 10.2. The zero-order valence-electron chi connectivity index (χ0n) is 10.6. The molecular formula is C12H18N2O2S. The van der Waals surface area contributed by atoms with E-state index in [0.717, 1.165) is 12.2 Å². The van der Waals surface area contributed by atoms with E-state index in [1.165, 1.54) is 11.8 Å². The normalized spacial score (nSPS) is 10.9. The number of carboxylic acid groups (broad SMARTS) is 1. The molecule has 1 aromatic rings. The van der Waals surface area contributed by atoms with Crippen LogP contribution >= 0.6 is 11.8 Å². The molecule has 0 fully saturated rings. The van der Waals surface area contributed by atoms with Crippen LogP contribution < -0.4 is 0 Å². The Bertz CT molecular complexity index is 419. The van der Waals surface area contributed by atoms with E-state index in [4.69, 9.17) is 0 Å². The first kappa shape index (κ1) is 14.0. The second-order valence-corrected chi connectivity index (χ2v) is 5.24. The number of aromatic nitrogens is 2. The molecule has 0 radical (unpaired) electrons. The van der Waals surface area contributed by atoms with Crippen molar-refractivity contribution in [2.75, 3.05) is 5.75 Å². The third-order valence-electron chi connectivity index (χ3n) is 2.25. The molecule has 0 saturated heterocycles. The first-order valence-corrected chi connectivity index (χ1v) is 6.70. The number of carbonyl (C=O) groups is 1. The van der Waals surface area contributed by atoms with Gasteiger partial charge in [0.2, 0.25) is 0 Å². The summed E-state index contributed by atoms with van der Waals surface area (Å²) in [4.78, 5) is 19.8. The Kier molecular flexibility index (Phi) is 4.93. The zero-order valence-corrected chi connectivity index (χ0v) is 11.5. The highest BCUT2D eigenvalue weighted by molar-refractivity contribution is 7.99. The summed E-state index contributed by atoms with van der Waals surface area (Å²) in [6, 6.07) is 0. The fourth-order valence-corrected chi connectivity index (χ4v) is 2.31. The summed E-state index contributed by atoms with van der Waals surface area (Å²) >= 11 is 1.49. The molecule has 17 heavy (non-hydrogen) atoms. The fraction of sp³-hybridized carbons (Fsp3) is 0.583.